The third kappa shape index (κ3) is 4.32. The fraction of sp³-hybridized carbons (Fsp3) is 0.462. The number of benzene rings is 1. The Morgan fingerprint density at radius 2 is 2.05 bits per heavy atom. The molecule has 1 aromatic carbocycles. The van der Waals surface area contributed by atoms with Gasteiger partial charge in [-0.05, 0) is 30.5 Å². The van der Waals surface area contributed by atoms with Gasteiger partial charge < -0.3 is 15.7 Å². The van der Waals surface area contributed by atoms with Gasteiger partial charge in [0.25, 0.3) is 0 Å². The number of ether oxygens (including phenoxy) is 1. The molecule has 0 saturated carbocycles. The van der Waals surface area contributed by atoms with Gasteiger partial charge in [-0.1, -0.05) is 19.0 Å². The summed E-state index contributed by atoms with van der Waals surface area (Å²) in [6.45, 7) is 4.41. The first-order valence-electron chi connectivity index (χ1n) is 6.07. The van der Waals surface area contributed by atoms with Crippen molar-refractivity contribution in [3.8, 4) is 5.75 Å². The Labute approximate surface area is 115 Å². The van der Waals surface area contributed by atoms with Crippen LogP contribution in [0.1, 0.15) is 31.4 Å². The highest BCUT2D eigenvalue weighted by Gasteiger charge is 2.34. The summed E-state index contributed by atoms with van der Waals surface area (Å²) >= 11 is 0. The molecule has 0 heterocycles. The molecule has 7 heteroatoms. The van der Waals surface area contributed by atoms with Gasteiger partial charge in [0, 0.05) is 5.56 Å². The van der Waals surface area contributed by atoms with E-state index in [1.165, 1.54) is 6.07 Å². The maximum atomic E-state index is 12.8. The van der Waals surface area contributed by atoms with E-state index in [4.69, 9.17) is 15.7 Å². The summed E-state index contributed by atoms with van der Waals surface area (Å²) in [4.78, 5) is 0. The first kappa shape index (κ1) is 16.1. The Hall–Kier alpha value is -1.92. The van der Waals surface area contributed by atoms with Crippen molar-refractivity contribution >= 4 is 5.84 Å². The molecule has 0 aliphatic rings. The number of hydrogen-bond donors (Lipinski definition) is 2. The van der Waals surface area contributed by atoms with Gasteiger partial charge in [-0.15, -0.1) is 0 Å². The van der Waals surface area contributed by atoms with Gasteiger partial charge in [0.2, 0.25) is 0 Å². The van der Waals surface area contributed by atoms with Gasteiger partial charge in [0.15, 0.2) is 5.84 Å². The number of alkyl halides is 3. The maximum Gasteiger partial charge on any atom is 0.417 e. The number of halogens is 3. The molecule has 112 valence electrons. The standard InChI is InChI=1S/C13H17F3N2O2/c1-8(2)5-6-20-9-3-4-11(13(14,15)16)10(7-9)12(17)18-19/h3-4,7-8,19H,5-6H2,1-2H3,(H2,17,18). The normalized spacial score (nSPS) is 12.8. The summed E-state index contributed by atoms with van der Waals surface area (Å²) in [7, 11) is 0. The summed E-state index contributed by atoms with van der Waals surface area (Å²) < 4.78 is 43.8. The molecule has 0 unspecified atom stereocenters. The fourth-order valence-corrected chi connectivity index (χ4v) is 1.54. The smallest absolute Gasteiger partial charge is 0.417 e. The van der Waals surface area contributed by atoms with Crippen LogP contribution >= 0.6 is 0 Å². The Morgan fingerprint density at radius 1 is 1.40 bits per heavy atom. The minimum absolute atomic E-state index is 0.250. The second-order valence-corrected chi connectivity index (χ2v) is 4.72. The van der Waals surface area contributed by atoms with Gasteiger partial charge in [-0.2, -0.15) is 13.2 Å². The van der Waals surface area contributed by atoms with Gasteiger partial charge in [0.1, 0.15) is 5.75 Å². The molecule has 0 aliphatic carbocycles. The van der Waals surface area contributed by atoms with E-state index in [0.717, 1.165) is 18.6 Å². The van der Waals surface area contributed by atoms with E-state index in [1.807, 2.05) is 13.8 Å². The zero-order valence-corrected chi connectivity index (χ0v) is 11.2. The van der Waals surface area contributed by atoms with Gasteiger partial charge in [-0.3, -0.25) is 0 Å². The topological polar surface area (TPSA) is 67.8 Å². The molecule has 0 fully saturated rings. The minimum atomic E-state index is -4.58. The minimum Gasteiger partial charge on any atom is -0.494 e. The molecule has 0 atom stereocenters. The lowest BCUT2D eigenvalue weighted by Crippen LogP contribution is -2.20. The summed E-state index contributed by atoms with van der Waals surface area (Å²) in [5.41, 5.74) is 3.91. The van der Waals surface area contributed by atoms with E-state index >= 15 is 0 Å². The quantitative estimate of drug-likeness (QED) is 0.378. The number of hydrogen-bond acceptors (Lipinski definition) is 3. The number of oxime groups is 1. The summed E-state index contributed by atoms with van der Waals surface area (Å²) in [5, 5.41) is 11.2. The van der Waals surface area contributed by atoms with Crippen molar-refractivity contribution in [3.05, 3.63) is 29.3 Å². The van der Waals surface area contributed by atoms with Gasteiger partial charge >= 0.3 is 6.18 Å². The fourth-order valence-electron chi connectivity index (χ4n) is 1.54. The van der Waals surface area contributed by atoms with Gasteiger partial charge in [-0.25, -0.2) is 0 Å². The maximum absolute atomic E-state index is 12.8. The Morgan fingerprint density at radius 3 is 2.55 bits per heavy atom. The van der Waals surface area contributed by atoms with E-state index in [-0.39, 0.29) is 5.75 Å². The van der Waals surface area contributed by atoms with Crippen molar-refractivity contribution in [2.24, 2.45) is 16.8 Å². The molecule has 0 saturated heterocycles. The lowest BCUT2D eigenvalue weighted by Gasteiger charge is -2.14. The van der Waals surface area contributed by atoms with Crippen LogP contribution in [0.3, 0.4) is 0 Å². The van der Waals surface area contributed by atoms with E-state index in [2.05, 4.69) is 5.16 Å². The predicted octanol–water partition coefficient (Wildman–Crippen LogP) is 3.22. The lowest BCUT2D eigenvalue weighted by atomic mass is 10.1. The molecule has 0 aromatic heterocycles. The zero-order valence-electron chi connectivity index (χ0n) is 11.2. The van der Waals surface area contributed by atoms with Gasteiger partial charge in [0.05, 0.1) is 12.2 Å². The molecule has 3 N–H and O–H groups in total. The highest BCUT2D eigenvalue weighted by Crippen LogP contribution is 2.33. The summed E-state index contributed by atoms with van der Waals surface area (Å²) in [5.74, 6) is 0.0693. The number of nitrogens with zero attached hydrogens (tertiary/aromatic N) is 1. The van der Waals surface area contributed by atoms with Crippen LogP contribution in [0.15, 0.2) is 23.4 Å². The lowest BCUT2D eigenvalue weighted by molar-refractivity contribution is -0.137. The number of rotatable bonds is 5. The van der Waals surface area contributed by atoms with Crippen LogP contribution in [0.2, 0.25) is 0 Å². The second kappa shape index (κ2) is 6.49. The zero-order chi connectivity index (χ0) is 15.3. The van der Waals surface area contributed by atoms with E-state index in [9.17, 15) is 13.2 Å². The van der Waals surface area contributed by atoms with Crippen LogP contribution in [0, 0.1) is 5.92 Å². The Balaban J connectivity index is 3.03. The highest BCUT2D eigenvalue weighted by atomic mass is 19.4. The van der Waals surface area contributed by atoms with Crippen LogP contribution in [0.5, 0.6) is 5.75 Å². The van der Waals surface area contributed by atoms with Crippen molar-refractivity contribution in [2.75, 3.05) is 6.61 Å². The van der Waals surface area contributed by atoms with Crippen molar-refractivity contribution < 1.29 is 23.1 Å². The average molecular weight is 290 g/mol. The molecular formula is C13H17F3N2O2. The molecule has 0 radical (unpaired) electrons. The molecule has 4 nitrogen and oxygen atoms in total. The van der Waals surface area contributed by atoms with E-state index in [1.54, 1.807) is 0 Å². The van der Waals surface area contributed by atoms with Crippen molar-refractivity contribution in [3.63, 3.8) is 0 Å². The molecule has 20 heavy (non-hydrogen) atoms. The molecule has 0 amide bonds. The van der Waals surface area contributed by atoms with Crippen LogP contribution in [0.4, 0.5) is 13.2 Å². The van der Waals surface area contributed by atoms with Crippen LogP contribution in [-0.2, 0) is 6.18 Å². The largest absolute Gasteiger partial charge is 0.494 e. The van der Waals surface area contributed by atoms with Crippen LogP contribution in [-0.4, -0.2) is 17.6 Å². The summed E-state index contributed by atoms with van der Waals surface area (Å²) in [6, 6.07) is 3.20. The number of nitrogens with two attached hydrogens (primary N) is 1. The van der Waals surface area contributed by atoms with Crippen molar-refractivity contribution in [1.82, 2.24) is 0 Å². The summed E-state index contributed by atoms with van der Waals surface area (Å²) in [6.07, 6.45) is -3.80. The SMILES string of the molecule is CC(C)CCOc1ccc(C(F)(F)F)c(/C(N)=N/O)c1. The number of amidine groups is 1. The monoisotopic (exact) mass is 290 g/mol. The van der Waals surface area contributed by atoms with E-state index < -0.39 is 23.1 Å². The molecule has 0 aliphatic heterocycles. The first-order chi connectivity index (χ1) is 9.25. The molecular weight excluding hydrogens is 273 g/mol. The average Bonchev–Trinajstić information content (AvgIpc) is 2.36. The first-order valence-corrected chi connectivity index (χ1v) is 6.07. The Kier molecular flexibility index (Phi) is 5.24. The van der Waals surface area contributed by atoms with E-state index in [0.29, 0.717) is 12.5 Å². The second-order valence-electron chi connectivity index (χ2n) is 4.72. The van der Waals surface area contributed by atoms with Crippen molar-refractivity contribution in [2.45, 2.75) is 26.4 Å². The Bertz CT molecular complexity index is 485. The van der Waals surface area contributed by atoms with Crippen LogP contribution < -0.4 is 10.5 Å². The van der Waals surface area contributed by atoms with Crippen LogP contribution in [0.25, 0.3) is 0 Å². The molecule has 0 spiro atoms. The highest BCUT2D eigenvalue weighted by molar-refractivity contribution is 5.99. The molecule has 1 aromatic rings. The predicted molar refractivity (Wildman–Crippen MR) is 68.9 cm³/mol. The van der Waals surface area contributed by atoms with Crippen molar-refractivity contribution in [1.29, 1.82) is 0 Å². The molecule has 0 bridgehead atoms. The third-order valence-corrected chi connectivity index (χ3v) is 2.64. The molecule has 1 rings (SSSR count). The third-order valence-electron chi connectivity index (χ3n) is 2.64.